The highest BCUT2D eigenvalue weighted by Gasteiger charge is 2.22. The number of fused-ring (bicyclic) bond motifs is 1. The summed E-state index contributed by atoms with van der Waals surface area (Å²) in [5, 5.41) is 0. The van der Waals surface area contributed by atoms with Crippen LogP contribution in [-0.4, -0.2) is 36.5 Å². The molecule has 0 unspecified atom stereocenters. The van der Waals surface area contributed by atoms with Crippen LogP contribution in [0, 0.1) is 0 Å². The predicted octanol–water partition coefficient (Wildman–Crippen LogP) is 1.61. The highest BCUT2D eigenvalue weighted by molar-refractivity contribution is 5.95. The van der Waals surface area contributed by atoms with Crippen LogP contribution in [0.25, 0.3) is 0 Å². The molecule has 5 heteroatoms. The Morgan fingerprint density at radius 2 is 1.95 bits per heavy atom. The van der Waals surface area contributed by atoms with Crippen LogP contribution in [0.2, 0.25) is 0 Å². The predicted molar refractivity (Wildman–Crippen MR) is 67.3 cm³/mol. The molecule has 0 bridgehead atoms. The molecular formula is C14H15NO4. The molecular weight excluding hydrogens is 246 g/mol. The van der Waals surface area contributed by atoms with Gasteiger partial charge in [0.1, 0.15) is 5.78 Å². The summed E-state index contributed by atoms with van der Waals surface area (Å²) in [6, 6.07) is 5.19. The summed E-state index contributed by atoms with van der Waals surface area (Å²) in [6.45, 7) is 1.34. The summed E-state index contributed by atoms with van der Waals surface area (Å²) in [6.07, 6.45) is 1.77. The molecule has 0 N–H and O–H groups in total. The number of ketones is 1. The number of likely N-dealkylation sites (tertiary alicyclic amines) is 1. The van der Waals surface area contributed by atoms with Gasteiger partial charge in [0.05, 0.1) is 0 Å². The third-order valence-electron chi connectivity index (χ3n) is 3.45. The van der Waals surface area contributed by atoms with Crippen molar-refractivity contribution in [3.05, 3.63) is 23.8 Å². The molecule has 0 atom stereocenters. The van der Waals surface area contributed by atoms with Gasteiger partial charge in [-0.3, -0.25) is 9.59 Å². The van der Waals surface area contributed by atoms with Crippen LogP contribution in [0.3, 0.4) is 0 Å². The number of hydrogen-bond donors (Lipinski definition) is 0. The first-order valence-corrected chi connectivity index (χ1v) is 6.45. The van der Waals surface area contributed by atoms with E-state index in [1.54, 1.807) is 23.1 Å². The minimum absolute atomic E-state index is 0.0481. The number of benzene rings is 1. The van der Waals surface area contributed by atoms with E-state index in [2.05, 4.69) is 0 Å². The first kappa shape index (κ1) is 12.0. The third-order valence-corrected chi connectivity index (χ3v) is 3.45. The minimum atomic E-state index is -0.0481. The van der Waals surface area contributed by atoms with Gasteiger partial charge >= 0.3 is 0 Å². The van der Waals surface area contributed by atoms with E-state index in [4.69, 9.17) is 9.47 Å². The Morgan fingerprint density at radius 1 is 1.11 bits per heavy atom. The molecule has 2 aliphatic heterocycles. The lowest BCUT2D eigenvalue weighted by Gasteiger charge is -2.20. The van der Waals surface area contributed by atoms with Crippen LogP contribution in [0.15, 0.2) is 18.2 Å². The lowest BCUT2D eigenvalue weighted by molar-refractivity contribution is -0.118. The van der Waals surface area contributed by atoms with Crippen molar-refractivity contribution < 1.29 is 19.1 Å². The average molecular weight is 261 g/mol. The zero-order chi connectivity index (χ0) is 13.2. The van der Waals surface area contributed by atoms with E-state index in [9.17, 15) is 9.59 Å². The number of carbonyl (C=O) groups excluding carboxylic acids is 2. The normalized spacial score (nSPS) is 18.3. The summed E-state index contributed by atoms with van der Waals surface area (Å²) < 4.78 is 10.5. The number of carbonyl (C=O) groups is 2. The molecule has 0 spiro atoms. The molecule has 1 fully saturated rings. The lowest BCUT2D eigenvalue weighted by atomic mass is 10.1. The number of ether oxygens (including phenoxy) is 2. The monoisotopic (exact) mass is 261 g/mol. The van der Waals surface area contributed by atoms with Gasteiger partial charge in [0.25, 0.3) is 5.91 Å². The summed E-state index contributed by atoms with van der Waals surface area (Å²) in [5.41, 5.74) is 0.582. The van der Waals surface area contributed by atoms with Crippen molar-refractivity contribution in [2.24, 2.45) is 0 Å². The van der Waals surface area contributed by atoms with Crippen LogP contribution in [0.4, 0.5) is 0 Å². The number of hydrogen-bond acceptors (Lipinski definition) is 4. The fourth-order valence-electron chi connectivity index (χ4n) is 2.38. The van der Waals surface area contributed by atoms with Crippen molar-refractivity contribution >= 4 is 11.7 Å². The van der Waals surface area contributed by atoms with Crippen molar-refractivity contribution in [2.45, 2.75) is 19.3 Å². The topological polar surface area (TPSA) is 55.8 Å². The molecule has 100 valence electrons. The number of Topliss-reactive ketones (excluding diaryl/α,β-unsaturated/α-hetero) is 1. The largest absolute Gasteiger partial charge is 0.454 e. The standard InChI is InChI=1S/C14H15NO4/c16-11-2-1-6-15(7-5-11)14(17)10-3-4-12-13(8-10)19-9-18-12/h3-4,8H,1-2,5-7,9H2. The molecule has 0 radical (unpaired) electrons. The van der Waals surface area contributed by atoms with Crippen LogP contribution in [0.1, 0.15) is 29.6 Å². The number of amides is 1. The summed E-state index contributed by atoms with van der Waals surface area (Å²) in [7, 11) is 0. The summed E-state index contributed by atoms with van der Waals surface area (Å²) in [4.78, 5) is 25.5. The molecule has 1 aromatic carbocycles. The first-order chi connectivity index (χ1) is 9.24. The van der Waals surface area contributed by atoms with Crippen LogP contribution in [0.5, 0.6) is 11.5 Å². The fraction of sp³-hybridized carbons (Fsp3) is 0.429. The second-order valence-corrected chi connectivity index (χ2v) is 4.75. The number of nitrogens with zero attached hydrogens (tertiary/aromatic N) is 1. The number of rotatable bonds is 1. The average Bonchev–Trinajstić information content (AvgIpc) is 2.78. The Morgan fingerprint density at radius 3 is 2.84 bits per heavy atom. The van der Waals surface area contributed by atoms with E-state index >= 15 is 0 Å². The highest BCUT2D eigenvalue weighted by Crippen LogP contribution is 2.32. The molecule has 2 heterocycles. The summed E-state index contributed by atoms with van der Waals surface area (Å²) in [5.74, 6) is 1.47. The highest BCUT2D eigenvalue weighted by atomic mass is 16.7. The van der Waals surface area contributed by atoms with E-state index in [1.807, 2.05) is 0 Å². The van der Waals surface area contributed by atoms with Crippen LogP contribution in [-0.2, 0) is 4.79 Å². The maximum atomic E-state index is 12.4. The van der Waals surface area contributed by atoms with E-state index < -0.39 is 0 Å². The lowest BCUT2D eigenvalue weighted by Crippen LogP contribution is -2.32. The zero-order valence-corrected chi connectivity index (χ0v) is 10.6. The Balaban J connectivity index is 1.77. The Bertz CT molecular complexity index is 526. The molecule has 1 saturated heterocycles. The van der Waals surface area contributed by atoms with Crippen molar-refractivity contribution in [2.75, 3.05) is 19.9 Å². The van der Waals surface area contributed by atoms with Gasteiger partial charge in [-0.1, -0.05) is 0 Å². The van der Waals surface area contributed by atoms with Crippen molar-refractivity contribution in [1.82, 2.24) is 4.90 Å². The maximum Gasteiger partial charge on any atom is 0.254 e. The smallest absolute Gasteiger partial charge is 0.254 e. The molecule has 0 aliphatic carbocycles. The van der Waals surface area contributed by atoms with Gasteiger partial charge in [0.15, 0.2) is 11.5 Å². The molecule has 0 aromatic heterocycles. The second kappa shape index (κ2) is 4.91. The summed E-state index contributed by atoms with van der Waals surface area (Å²) >= 11 is 0. The maximum absolute atomic E-state index is 12.4. The molecule has 19 heavy (non-hydrogen) atoms. The quantitative estimate of drug-likeness (QED) is 0.770. The molecule has 1 aromatic rings. The van der Waals surface area contributed by atoms with Gasteiger partial charge in [-0.25, -0.2) is 0 Å². The Hall–Kier alpha value is -2.04. The molecule has 2 aliphatic rings. The Kier molecular flexibility index (Phi) is 3.11. The van der Waals surface area contributed by atoms with Gasteiger partial charge in [-0.15, -0.1) is 0 Å². The first-order valence-electron chi connectivity index (χ1n) is 6.45. The SMILES string of the molecule is O=C1CCCN(C(=O)c2ccc3c(c2)OCO3)CC1. The van der Waals surface area contributed by atoms with Gasteiger partial charge in [-0.2, -0.15) is 0 Å². The van der Waals surface area contributed by atoms with Crippen molar-refractivity contribution in [3.8, 4) is 11.5 Å². The molecule has 1 amide bonds. The zero-order valence-electron chi connectivity index (χ0n) is 10.6. The molecule has 0 saturated carbocycles. The Labute approximate surface area is 111 Å². The minimum Gasteiger partial charge on any atom is -0.454 e. The van der Waals surface area contributed by atoms with E-state index in [1.165, 1.54) is 0 Å². The van der Waals surface area contributed by atoms with Gasteiger partial charge in [0.2, 0.25) is 6.79 Å². The van der Waals surface area contributed by atoms with Crippen molar-refractivity contribution in [1.29, 1.82) is 0 Å². The fourth-order valence-corrected chi connectivity index (χ4v) is 2.38. The second-order valence-electron chi connectivity index (χ2n) is 4.75. The molecule has 3 rings (SSSR count). The van der Waals surface area contributed by atoms with Crippen molar-refractivity contribution in [3.63, 3.8) is 0 Å². The van der Waals surface area contributed by atoms with Gasteiger partial charge < -0.3 is 14.4 Å². The van der Waals surface area contributed by atoms with Gasteiger partial charge in [-0.05, 0) is 24.6 Å². The third kappa shape index (κ3) is 2.41. The van der Waals surface area contributed by atoms with E-state index in [0.29, 0.717) is 43.0 Å². The van der Waals surface area contributed by atoms with Crippen LogP contribution >= 0.6 is 0 Å². The van der Waals surface area contributed by atoms with Crippen LogP contribution < -0.4 is 9.47 Å². The molecule has 5 nitrogen and oxygen atoms in total. The van der Waals surface area contributed by atoms with E-state index in [0.717, 1.165) is 6.42 Å². The van der Waals surface area contributed by atoms with Gasteiger partial charge in [0, 0.05) is 31.5 Å². The van der Waals surface area contributed by atoms with E-state index in [-0.39, 0.29) is 18.5 Å².